The minimum Gasteiger partial charge on any atom is -0.497 e. The molecule has 3 nitrogen and oxygen atoms in total. The van der Waals surface area contributed by atoms with E-state index in [1.165, 1.54) is 6.07 Å². The molecular formula is C15H12FNO2. The molecule has 1 aliphatic rings. The molecule has 1 aliphatic heterocycles. The van der Waals surface area contributed by atoms with E-state index in [1.54, 1.807) is 31.4 Å². The van der Waals surface area contributed by atoms with Crippen LogP contribution in [0.15, 0.2) is 42.5 Å². The lowest BCUT2D eigenvalue weighted by atomic mass is 9.92. The molecule has 2 aromatic rings. The summed E-state index contributed by atoms with van der Waals surface area (Å²) in [6.07, 6.45) is 0. The highest BCUT2D eigenvalue weighted by Crippen LogP contribution is 2.38. The first-order chi connectivity index (χ1) is 9.20. The van der Waals surface area contributed by atoms with Crippen LogP contribution in [0.4, 0.5) is 10.1 Å². The van der Waals surface area contributed by atoms with Gasteiger partial charge in [-0.25, -0.2) is 4.39 Å². The fraction of sp³-hybridized carbons (Fsp3) is 0.133. The van der Waals surface area contributed by atoms with Crippen LogP contribution < -0.4 is 10.1 Å². The molecule has 1 amide bonds. The van der Waals surface area contributed by atoms with Gasteiger partial charge in [-0.2, -0.15) is 0 Å². The van der Waals surface area contributed by atoms with Crippen molar-refractivity contribution in [3.63, 3.8) is 0 Å². The Morgan fingerprint density at radius 3 is 2.58 bits per heavy atom. The van der Waals surface area contributed by atoms with Crippen LogP contribution in [0.5, 0.6) is 5.75 Å². The SMILES string of the molecule is COc1ccc(C2C(=O)Nc3c(F)cccc32)cc1. The number of nitrogens with one attached hydrogen (secondary N) is 1. The summed E-state index contributed by atoms with van der Waals surface area (Å²) in [6.45, 7) is 0. The number of methoxy groups -OCH3 is 1. The molecule has 1 heterocycles. The molecule has 96 valence electrons. The van der Waals surface area contributed by atoms with Crippen LogP contribution >= 0.6 is 0 Å². The van der Waals surface area contributed by atoms with Crippen molar-refractivity contribution >= 4 is 11.6 Å². The Balaban J connectivity index is 2.06. The Labute approximate surface area is 110 Å². The fourth-order valence-electron chi connectivity index (χ4n) is 2.38. The van der Waals surface area contributed by atoms with Gasteiger partial charge in [0.15, 0.2) is 0 Å². The number of fused-ring (bicyclic) bond motifs is 1. The van der Waals surface area contributed by atoms with E-state index in [9.17, 15) is 9.18 Å². The maximum atomic E-state index is 13.6. The highest BCUT2D eigenvalue weighted by Gasteiger charge is 2.33. The zero-order valence-electron chi connectivity index (χ0n) is 10.3. The van der Waals surface area contributed by atoms with Crippen molar-refractivity contribution < 1.29 is 13.9 Å². The number of halogens is 1. The number of ether oxygens (including phenoxy) is 1. The van der Waals surface area contributed by atoms with Crippen LogP contribution in [0.3, 0.4) is 0 Å². The molecule has 19 heavy (non-hydrogen) atoms. The molecule has 0 spiro atoms. The second kappa shape index (κ2) is 4.39. The molecule has 0 saturated carbocycles. The van der Waals surface area contributed by atoms with E-state index in [4.69, 9.17) is 4.74 Å². The summed E-state index contributed by atoms with van der Waals surface area (Å²) in [5.41, 5.74) is 1.78. The number of amides is 1. The van der Waals surface area contributed by atoms with E-state index in [0.717, 1.165) is 11.3 Å². The number of carbonyl (C=O) groups excluding carboxylic acids is 1. The second-order valence-electron chi connectivity index (χ2n) is 4.40. The average Bonchev–Trinajstić information content (AvgIpc) is 2.77. The minimum atomic E-state index is -0.461. The minimum absolute atomic E-state index is 0.203. The standard InChI is InChI=1S/C15H12FNO2/c1-19-10-7-5-9(6-8-10)13-11-3-2-4-12(16)14(11)17-15(13)18/h2-8,13H,1H3,(H,17,18). The van der Waals surface area contributed by atoms with Crippen molar-refractivity contribution in [2.24, 2.45) is 0 Å². The van der Waals surface area contributed by atoms with E-state index in [2.05, 4.69) is 5.32 Å². The zero-order chi connectivity index (χ0) is 13.4. The highest BCUT2D eigenvalue weighted by molar-refractivity contribution is 6.05. The predicted octanol–water partition coefficient (Wildman–Crippen LogP) is 2.92. The van der Waals surface area contributed by atoms with Gasteiger partial charge in [-0.1, -0.05) is 24.3 Å². The van der Waals surface area contributed by atoms with E-state index in [-0.39, 0.29) is 11.6 Å². The van der Waals surface area contributed by atoms with Crippen molar-refractivity contribution in [3.05, 3.63) is 59.4 Å². The van der Waals surface area contributed by atoms with Gasteiger partial charge in [0.25, 0.3) is 0 Å². The quantitative estimate of drug-likeness (QED) is 0.898. The highest BCUT2D eigenvalue weighted by atomic mass is 19.1. The van der Waals surface area contributed by atoms with Gasteiger partial charge in [0, 0.05) is 0 Å². The van der Waals surface area contributed by atoms with Crippen molar-refractivity contribution in [1.29, 1.82) is 0 Å². The van der Waals surface area contributed by atoms with E-state index in [0.29, 0.717) is 5.56 Å². The van der Waals surface area contributed by atoms with Crippen LogP contribution in [0.25, 0.3) is 0 Å². The summed E-state index contributed by atoms with van der Waals surface area (Å²) >= 11 is 0. The lowest BCUT2D eigenvalue weighted by Gasteiger charge is -2.10. The maximum absolute atomic E-state index is 13.6. The third-order valence-electron chi connectivity index (χ3n) is 3.32. The molecular weight excluding hydrogens is 245 g/mol. The third-order valence-corrected chi connectivity index (χ3v) is 3.32. The Hall–Kier alpha value is -2.36. The van der Waals surface area contributed by atoms with E-state index < -0.39 is 11.7 Å². The van der Waals surface area contributed by atoms with Crippen LogP contribution in [-0.2, 0) is 4.79 Å². The average molecular weight is 257 g/mol. The molecule has 3 rings (SSSR count). The predicted molar refractivity (Wildman–Crippen MR) is 69.9 cm³/mol. The van der Waals surface area contributed by atoms with Crippen LogP contribution in [0.1, 0.15) is 17.0 Å². The summed E-state index contributed by atoms with van der Waals surface area (Å²) in [5, 5.41) is 2.60. The normalized spacial score (nSPS) is 16.9. The van der Waals surface area contributed by atoms with Crippen LogP contribution in [0, 0.1) is 5.82 Å². The molecule has 0 aliphatic carbocycles. The number of para-hydroxylation sites is 1. The molecule has 0 aromatic heterocycles. The second-order valence-corrected chi connectivity index (χ2v) is 4.40. The number of carbonyl (C=O) groups is 1. The van der Waals surface area contributed by atoms with Crippen molar-refractivity contribution in [2.75, 3.05) is 12.4 Å². The van der Waals surface area contributed by atoms with E-state index >= 15 is 0 Å². The monoisotopic (exact) mass is 257 g/mol. The van der Waals surface area contributed by atoms with Gasteiger partial charge < -0.3 is 10.1 Å². The van der Waals surface area contributed by atoms with Gasteiger partial charge in [-0.05, 0) is 29.3 Å². The third kappa shape index (κ3) is 1.85. The van der Waals surface area contributed by atoms with Crippen molar-refractivity contribution in [1.82, 2.24) is 0 Å². The molecule has 0 radical (unpaired) electrons. The fourth-order valence-corrected chi connectivity index (χ4v) is 2.38. The molecule has 0 saturated heterocycles. The Kier molecular flexibility index (Phi) is 2.71. The lowest BCUT2D eigenvalue weighted by molar-refractivity contribution is -0.116. The molecule has 1 unspecified atom stereocenters. The molecule has 1 N–H and O–H groups in total. The summed E-state index contributed by atoms with van der Waals surface area (Å²) in [7, 11) is 1.59. The smallest absolute Gasteiger partial charge is 0.236 e. The lowest BCUT2D eigenvalue weighted by Crippen LogP contribution is -2.13. The number of hydrogen-bond acceptors (Lipinski definition) is 2. The molecule has 4 heteroatoms. The van der Waals surface area contributed by atoms with Gasteiger partial charge in [0.2, 0.25) is 5.91 Å². The summed E-state index contributed by atoms with van der Waals surface area (Å²) < 4.78 is 18.7. The van der Waals surface area contributed by atoms with Gasteiger partial charge in [-0.15, -0.1) is 0 Å². The Morgan fingerprint density at radius 1 is 1.16 bits per heavy atom. The molecule has 2 aromatic carbocycles. The molecule has 0 fully saturated rings. The van der Waals surface area contributed by atoms with Crippen molar-refractivity contribution in [3.8, 4) is 5.75 Å². The molecule has 0 bridgehead atoms. The largest absolute Gasteiger partial charge is 0.497 e. The first-order valence-corrected chi connectivity index (χ1v) is 5.94. The number of rotatable bonds is 2. The summed E-state index contributed by atoms with van der Waals surface area (Å²) in [5.74, 6) is -0.342. The first kappa shape index (κ1) is 11.7. The summed E-state index contributed by atoms with van der Waals surface area (Å²) in [4.78, 5) is 12.0. The van der Waals surface area contributed by atoms with Gasteiger partial charge in [0.05, 0.1) is 18.7 Å². The summed E-state index contributed by atoms with van der Waals surface area (Å²) in [6, 6.07) is 12.0. The Bertz CT molecular complexity index is 637. The van der Waals surface area contributed by atoms with Gasteiger partial charge in [-0.3, -0.25) is 4.79 Å². The van der Waals surface area contributed by atoms with E-state index in [1.807, 2.05) is 12.1 Å². The van der Waals surface area contributed by atoms with Crippen LogP contribution in [-0.4, -0.2) is 13.0 Å². The Morgan fingerprint density at radius 2 is 1.89 bits per heavy atom. The van der Waals surface area contributed by atoms with Crippen molar-refractivity contribution in [2.45, 2.75) is 5.92 Å². The number of hydrogen-bond donors (Lipinski definition) is 1. The molecule has 1 atom stereocenters. The van der Waals surface area contributed by atoms with Gasteiger partial charge in [0.1, 0.15) is 11.6 Å². The van der Waals surface area contributed by atoms with Gasteiger partial charge >= 0.3 is 0 Å². The van der Waals surface area contributed by atoms with Crippen LogP contribution in [0.2, 0.25) is 0 Å². The first-order valence-electron chi connectivity index (χ1n) is 5.94. The zero-order valence-corrected chi connectivity index (χ0v) is 10.3. The number of benzene rings is 2. The maximum Gasteiger partial charge on any atom is 0.236 e. The topological polar surface area (TPSA) is 38.3 Å². The number of anilines is 1.